The quantitative estimate of drug-likeness (QED) is 0.574. The molecule has 2 unspecified atom stereocenters. The van der Waals surface area contributed by atoms with Crippen LogP contribution in [0.2, 0.25) is 0 Å². The van der Waals surface area contributed by atoms with E-state index in [1.165, 1.54) is 47.2 Å². The predicted molar refractivity (Wildman–Crippen MR) is 132 cm³/mol. The van der Waals surface area contributed by atoms with E-state index < -0.39 is 0 Å². The summed E-state index contributed by atoms with van der Waals surface area (Å²) in [5.74, 6) is 1.84. The molecule has 4 heterocycles. The molecule has 2 atom stereocenters. The lowest BCUT2D eigenvalue weighted by atomic mass is 9.91. The molecule has 0 saturated carbocycles. The summed E-state index contributed by atoms with van der Waals surface area (Å²) < 4.78 is 5.51. The van der Waals surface area contributed by atoms with Crippen LogP contribution in [-0.4, -0.2) is 54.6 Å². The van der Waals surface area contributed by atoms with Gasteiger partial charge in [-0.05, 0) is 61.4 Å². The van der Waals surface area contributed by atoms with Gasteiger partial charge >= 0.3 is 0 Å². The Morgan fingerprint density at radius 2 is 1.91 bits per heavy atom. The maximum atomic E-state index is 5.51. The number of benzene rings is 2. The summed E-state index contributed by atoms with van der Waals surface area (Å²) in [5.41, 5.74) is 3.82. The number of piperidine rings is 1. The molecule has 6 heteroatoms. The highest BCUT2D eigenvalue weighted by Gasteiger charge is 2.28. The molecule has 5 nitrogen and oxygen atoms in total. The topological polar surface area (TPSA) is 41.5 Å². The Morgan fingerprint density at radius 3 is 2.81 bits per heavy atom. The summed E-state index contributed by atoms with van der Waals surface area (Å²) >= 11 is 2.09. The van der Waals surface area contributed by atoms with E-state index in [4.69, 9.17) is 9.72 Å². The summed E-state index contributed by atoms with van der Waals surface area (Å²) in [5, 5.41) is 1.89. The predicted octanol–water partition coefficient (Wildman–Crippen LogP) is 4.79. The number of hydrogen-bond acceptors (Lipinski definition) is 6. The van der Waals surface area contributed by atoms with Crippen molar-refractivity contribution in [3.05, 3.63) is 54.4 Å². The molecule has 0 aliphatic carbocycles. The van der Waals surface area contributed by atoms with Crippen LogP contribution in [0.25, 0.3) is 10.9 Å². The Kier molecular flexibility index (Phi) is 5.65. The number of morpholine rings is 1. The van der Waals surface area contributed by atoms with Gasteiger partial charge in [-0.15, -0.1) is 11.8 Å². The van der Waals surface area contributed by atoms with Crippen LogP contribution in [0.3, 0.4) is 0 Å². The SMILES string of the molecule is c1ccc2c(c1)CC(CC1CCCN(c3ncnc4cc(N5CCOCC5)ccc34)C1)S2. The Hall–Kier alpha value is -2.31. The third kappa shape index (κ3) is 4.06. The van der Waals surface area contributed by atoms with Crippen LogP contribution in [-0.2, 0) is 11.2 Å². The van der Waals surface area contributed by atoms with Gasteiger partial charge in [-0.3, -0.25) is 0 Å². The molecule has 0 radical (unpaired) electrons. The van der Waals surface area contributed by atoms with Crippen LogP contribution in [0.1, 0.15) is 24.8 Å². The van der Waals surface area contributed by atoms with Crippen LogP contribution < -0.4 is 9.80 Å². The van der Waals surface area contributed by atoms with E-state index in [0.717, 1.165) is 61.9 Å². The number of nitrogens with zero attached hydrogens (tertiary/aromatic N) is 4. The van der Waals surface area contributed by atoms with Crippen molar-refractivity contribution < 1.29 is 4.74 Å². The van der Waals surface area contributed by atoms with Gasteiger partial charge in [0.25, 0.3) is 0 Å². The molecular weight excluding hydrogens is 416 g/mol. The van der Waals surface area contributed by atoms with Crippen molar-refractivity contribution in [2.45, 2.75) is 35.8 Å². The number of thioether (sulfide) groups is 1. The minimum absolute atomic E-state index is 0.718. The minimum atomic E-state index is 0.718. The normalized spacial score (nSPS) is 23.5. The van der Waals surface area contributed by atoms with Gasteiger partial charge in [0, 0.05) is 47.4 Å². The summed E-state index contributed by atoms with van der Waals surface area (Å²) in [6, 6.07) is 15.6. The lowest BCUT2D eigenvalue weighted by molar-refractivity contribution is 0.122. The van der Waals surface area contributed by atoms with E-state index in [-0.39, 0.29) is 0 Å². The van der Waals surface area contributed by atoms with Crippen LogP contribution in [0.15, 0.2) is 53.7 Å². The average Bonchev–Trinajstić information content (AvgIpc) is 3.26. The van der Waals surface area contributed by atoms with Crippen molar-refractivity contribution in [1.82, 2.24) is 9.97 Å². The monoisotopic (exact) mass is 446 g/mol. The molecule has 1 aromatic heterocycles. The second-order valence-corrected chi connectivity index (χ2v) is 10.6. The highest BCUT2D eigenvalue weighted by Crippen LogP contribution is 2.41. The van der Waals surface area contributed by atoms with Crippen LogP contribution in [0.5, 0.6) is 0 Å². The van der Waals surface area contributed by atoms with Crippen LogP contribution >= 0.6 is 11.8 Å². The van der Waals surface area contributed by atoms with E-state index in [9.17, 15) is 0 Å². The number of aromatic nitrogens is 2. The summed E-state index contributed by atoms with van der Waals surface area (Å²) in [4.78, 5) is 15.8. The molecule has 2 fully saturated rings. The molecule has 6 rings (SSSR count). The van der Waals surface area contributed by atoms with Crippen molar-refractivity contribution in [2.24, 2.45) is 5.92 Å². The fourth-order valence-electron chi connectivity index (χ4n) is 5.51. The van der Waals surface area contributed by atoms with Crippen molar-refractivity contribution in [3.8, 4) is 0 Å². The van der Waals surface area contributed by atoms with Gasteiger partial charge in [0.15, 0.2) is 0 Å². The van der Waals surface area contributed by atoms with Crippen molar-refractivity contribution >= 4 is 34.2 Å². The van der Waals surface area contributed by atoms with Gasteiger partial charge in [0.2, 0.25) is 0 Å². The zero-order valence-corrected chi connectivity index (χ0v) is 19.3. The minimum Gasteiger partial charge on any atom is -0.378 e. The first-order valence-electron chi connectivity index (χ1n) is 11.9. The van der Waals surface area contributed by atoms with E-state index in [2.05, 4.69) is 69.0 Å². The first-order chi connectivity index (χ1) is 15.8. The molecule has 2 aromatic carbocycles. The summed E-state index contributed by atoms with van der Waals surface area (Å²) in [7, 11) is 0. The fraction of sp³-hybridized carbons (Fsp3) is 0.462. The zero-order chi connectivity index (χ0) is 21.3. The average molecular weight is 447 g/mol. The second kappa shape index (κ2) is 8.91. The van der Waals surface area contributed by atoms with Gasteiger partial charge in [-0.2, -0.15) is 0 Å². The van der Waals surface area contributed by atoms with Gasteiger partial charge in [-0.1, -0.05) is 18.2 Å². The highest BCUT2D eigenvalue weighted by molar-refractivity contribution is 8.00. The number of rotatable bonds is 4. The molecule has 0 spiro atoms. The zero-order valence-electron chi connectivity index (χ0n) is 18.4. The van der Waals surface area contributed by atoms with Crippen molar-refractivity contribution in [3.63, 3.8) is 0 Å². The fourth-order valence-corrected chi connectivity index (χ4v) is 6.96. The first-order valence-corrected chi connectivity index (χ1v) is 12.8. The smallest absolute Gasteiger partial charge is 0.139 e. The maximum absolute atomic E-state index is 5.51. The summed E-state index contributed by atoms with van der Waals surface area (Å²) in [6.07, 6.45) is 6.83. The van der Waals surface area contributed by atoms with E-state index in [1.54, 1.807) is 6.33 Å². The Balaban J connectivity index is 1.18. The van der Waals surface area contributed by atoms with Gasteiger partial charge in [-0.25, -0.2) is 9.97 Å². The van der Waals surface area contributed by atoms with Crippen molar-refractivity contribution in [1.29, 1.82) is 0 Å². The highest BCUT2D eigenvalue weighted by atomic mass is 32.2. The molecule has 3 aliphatic rings. The van der Waals surface area contributed by atoms with E-state index in [0.29, 0.717) is 0 Å². The van der Waals surface area contributed by atoms with E-state index >= 15 is 0 Å². The standard InChI is InChI=1S/C26H30N4OS/c1-2-6-25-20(5-1)15-22(32-25)14-19-4-3-9-30(17-19)26-23-8-7-21(16-24(23)27-18-28-26)29-10-12-31-13-11-29/h1-2,5-8,16,18-19,22H,3-4,9-15,17H2. The third-order valence-electron chi connectivity index (χ3n) is 7.10. The molecule has 3 aliphatic heterocycles. The lowest BCUT2D eigenvalue weighted by Crippen LogP contribution is -2.37. The molecule has 0 amide bonds. The Bertz CT molecular complexity index is 1080. The molecule has 2 saturated heterocycles. The summed E-state index contributed by atoms with van der Waals surface area (Å²) in [6.45, 7) is 5.68. The lowest BCUT2D eigenvalue weighted by Gasteiger charge is -2.35. The van der Waals surface area contributed by atoms with Gasteiger partial charge < -0.3 is 14.5 Å². The third-order valence-corrected chi connectivity index (χ3v) is 8.45. The largest absolute Gasteiger partial charge is 0.378 e. The number of hydrogen-bond donors (Lipinski definition) is 0. The molecular formula is C26H30N4OS. The Morgan fingerprint density at radius 1 is 1.00 bits per heavy atom. The second-order valence-electron chi connectivity index (χ2n) is 9.24. The molecule has 3 aromatic rings. The maximum Gasteiger partial charge on any atom is 0.139 e. The Labute approximate surface area is 194 Å². The molecule has 0 N–H and O–H groups in total. The molecule has 166 valence electrons. The van der Waals surface area contributed by atoms with Gasteiger partial charge in [0.05, 0.1) is 18.7 Å². The molecule has 32 heavy (non-hydrogen) atoms. The van der Waals surface area contributed by atoms with Crippen molar-refractivity contribution in [2.75, 3.05) is 49.2 Å². The first kappa shape index (κ1) is 20.3. The number of anilines is 2. The van der Waals surface area contributed by atoms with Crippen LogP contribution in [0.4, 0.5) is 11.5 Å². The molecule has 0 bridgehead atoms. The van der Waals surface area contributed by atoms with Crippen LogP contribution in [0, 0.1) is 5.92 Å². The number of ether oxygens (including phenoxy) is 1. The van der Waals surface area contributed by atoms with Gasteiger partial charge in [0.1, 0.15) is 12.1 Å². The van der Waals surface area contributed by atoms with E-state index in [1.807, 2.05) is 0 Å². The number of fused-ring (bicyclic) bond motifs is 2.